The molecule has 2 aromatic carbocycles. The molecule has 1 saturated heterocycles. The number of carbonyl (C=O) groups excluding carboxylic acids is 1. The predicted molar refractivity (Wildman–Crippen MR) is 84.4 cm³/mol. The summed E-state index contributed by atoms with van der Waals surface area (Å²) >= 11 is 0. The molecule has 0 N–H and O–H groups in total. The van der Waals surface area contributed by atoms with Crippen LogP contribution in [0.4, 0.5) is 0 Å². The number of fused-ring (bicyclic) bond motifs is 2. The molecule has 3 unspecified atom stereocenters. The third kappa shape index (κ3) is 1.29. The lowest BCUT2D eigenvalue weighted by Gasteiger charge is -2.54. The van der Waals surface area contributed by atoms with E-state index in [1.54, 1.807) is 0 Å². The van der Waals surface area contributed by atoms with Crippen molar-refractivity contribution in [2.75, 3.05) is 6.61 Å². The maximum Gasteiger partial charge on any atom is 0.317 e. The van der Waals surface area contributed by atoms with Gasteiger partial charge in [0.05, 0.1) is 0 Å². The molecule has 5 rings (SSSR count). The molecule has 0 bridgehead atoms. The molecule has 108 valence electrons. The van der Waals surface area contributed by atoms with E-state index in [-0.39, 0.29) is 17.8 Å². The zero-order valence-corrected chi connectivity index (χ0v) is 12.2. The SMILES string of the molecule is O=C1OCC2=Cc3ccccc3C3CC(c4ccccc4)C123. The quantitative estimate of drug-likeness (QED) is 0.744. The van der Waals surface area contributed by atoms with Gasteiger partial charge in [-0.05, 0) is 28.7 Å². The summed E-state index contributed by atoms with van der Waals surface area (Å²) in [6.45, 7) is 0.451. The van der Waals surface area contributed by atoms with E-state index in [9.17, 15) is 4.79 Å². The van der Waals surface area contributed by atoms with E-state index in [4.69, 9.17) is 4.74 Å². The van der Waals surface area contributed by atoms with Crippen molar-refractivity contribution in [1.82, 2.24) is 0 Å². The number of rotatable bonds is 1. The van der Waals surface area contributed by atoms with E-state index in [1.807, 2.05) is 6.07 Å². The largest absolute Gasteiger partial charge is 0.460 e. The van der Waals surface area contributed by atoms with Gasteiger partial charge in [-0.15, -0.1) is 0 Å². The Labute approximate surface area is 129 Å². The molecular formula is C20H16O2. The van der Waals surface area contributed by atoms with E-state index < -0.39 is 5.41 Å². The molecule has 1 saturated carbocycles. The fraction of sp³-hybridized carbons (Fsp3) is 0.250. The maximum absolute atomic E-state index is 12.7. The van der Waals surface area contributed by atoms with E-state index >= 15 is 0 Å². The molecule has 2 aromatic rings. The molecule has 2 heteroatoms. The lowest BCUT2D eigenvalue weighted by molar-refractivity contribution is -0.152. The molecule has 0 aromatic heterocycles. The van der Waals surface area contributed by atoms with Crippen LogP contribution in [-0.2, 0) is 9.53 Å². The lowest BCUT2D eigenvalue weighted by atomic mass is 9.45. The Kier molecular flexibility index (Phi) is 2.28. The van der Waals surface area contributed by atoms with Gasteiger partial charge >= 0.3 is 5.97 Å². The van der Waals surface area contributed by atoms with Gasteiger partial charge in [-0.1, -0.05) is 60.7 Å². The van der Waals surface area contributed by atoms with Crippen molar-refractivity contribution >= 4 is 12.0 Å². The first-order valence-electron chi connectivity index (χ1n) is 7.84. The van der Waals surface area contributed by atoms with Crippen LogP contribution in [0.5, 0.6) is 0 Å². The second-order valence-corrected chi connectivity index (χ2v) is 6.50. The van der Waals surface area contributed by atoms with Gasteiger partial charge in [0.15, 0.2) is 0 Å². The molecule has 2 fully saturated rings. The molecule has 1 aliphatic heterocycles. The molecule has 22 heavy (non-hydrogen) atoms. The molecule has 2 aliphatic carbocycles. The summed E-state index contributed by atoms with van der Waals surface area (Å²) in [6.07, 6.45) is 3.21. The first kappa shape index (κ1) is 12.2. The van der Waals surface area contributed by atoms with Crippen LogP contribution in [0.2, 0.25) is 0 Å². The van der Waals surface area contributed by atoms with Crippen LogP contribution >= 0.6 is 0 Å². The number of benzene rings is 2. The highest BCUT2D eigenvalue weighted by Gasteiger charge is 2.67. The normalized spacial score (nSPS) is 31.3. The lowest BCUT2D eigenvalue weighted by Crippen LogP contribution is -2.51. The van der Waals surface area contributed by atoms with E-state index in [0.717, 1.165) is 6.42 Å². The fourth-order valence-electron chi connectivity index (χ4n) is 4.70. The average Bonchev–Trinajstić information content (AvgIpc) is 2.88. The Bertz CT molecular complexity index is 805. The molecule has 1 spiro atoms. The number of hydrogen-bond acceptors (Lipinski definition) is 2. The van der Waals surface area contributed by atoms with Gasteiger partial charge in [-0.2, -0.15) is 0 Å². The third-order valence-corrected chi connectivity index (χ3v) is 5.70. The van der Waals surface area contributed by atoms with E-state index in [2.05, 4.69) is 54.6 Å². The van der Waals surface area contributed by atoms with Gasteiger partial charge in [0.25, 0.3) is 0 Å². The van der Waals surface area contributed by atoms with Crippen molar-refractivity contribution in [3.8, 4) is 0 Å². The van der Waals surface area contributed by atoms with Crippen molar-refractivity contribution in [3.05, 3.63) is 76.9 Å². The summed E-state index contributed by atoms with van der Waals surface area (Å²) < 4.78 is 5.50. The highest BCUT2D eigenvalue weighted by Crippen LogP contribution is 2.70. The van der Waals surface area contributed by atoms with Crippen molar-refractivity contribution in [2.45, 2.75) is 18.3 Å². The first-order chi connectivity index (χ1) is 10.8. The van der Waals surface area contributed by atoms with Crippen LogP contribution in [0.3, 0.4) is 0 Å². The van der Waals surface area contributed by atoms with Gasteiger partial charge in [0.1, 0.15) is 12.0 Å². The van der Waals surface area contributed by atoms with Crippen LogP contribution in [0.25, 0.3) is 6.08 Å². The zero-order valence-electron chi connectivity index (χ0n) is 12.2. The molecule has 3 aliphatic rings. The smallest absolute Gasteiger partial charge is 0.317 e. The standard InChI is InChI=1S/C20H16O2/c21-19-20-15(12-22-19)10-14-8-4-5-9-16(14)18(20)11-17(20)13-6-2-1-3-7-13/h1-10,17-18H,11-12H2. The van der Waals surface area contributed by atoms with Gasteiger partial charge in [-0.25, -0.2) is 0 Å². The highest BCUT2D eigenvalue weighted by atomic mass is 16.5. The van der Waals surface area contributed by atoms with Gasteiger partial charge < -0.3 is 4.74 Å². The van der Waals surface area contributed by atoms with Crippen molar-refractivity contribution in [1.29, 1.82) is 0 Å². The summed E-state index contributed by atoms with van der Waals surface area (Å²) in [5.41, 5.74) is 4.53. The third-order valence-electron chi connectivity index (χ3n) is 5.70. The molecule has 2 nitrogen and oxygen atoms in total. The number of cyclic esters (lactones) is 1. The van der Waals surface area contributed by atoms with Gasteiger partial charge in [-0.3, -0.25) is 4.79 Å². The summed E-state index contributed by atoms with van der Waals surface area (Å²) in [5, 5.41) is 0. The molecule has 3 atom stereocenters. The monoisotopic (exact) mass is 288 g/mol. The maximum atomic E-state index is 12.7. The second kappa shape index (κ2) is 4.10. The summed E-state index contributed by atoms with van der Waals surface area (Å²) in [4.78, 5) is 12.7. The van der Waals surface area contributed by atoms with Crippen LogP contribution < -0.4 is 0 Å². The van der Waals surface area contributed by atoms with Crippen LogP contribution in [0.1, 0.15) is 34.9 Å². The minimum absolute atomic E-state index is 0.0293. The Hall–Kier alpha value is -2.35. The fourth-order valence-corrected chi connectivity index (χ4v) is 4.70. The van der Waals surface area contributed by atoms with Gasteiger partial charge in [0.2, 0.25) is 0 Å². The van der Waals surface area contributed by atoms with Crippen LogP contribution in [0, 0.1) is 5.41 Å². The minimum Gasteiger partial charge on any atom is -0.460 e. The highest BCUT2D eigenvalue weighted by molar-refractivity contribution is 5.92. The summed E-state index contributed by atoms with van der Waals surface area (Å²) in [5.74, 6) is 0.482. The minimum atomic E-state index is -0.449. The second-order valence-electron chi connectivity index (χ2n) is 6.50. The molecule has 0 amide bonds. The molecular weight excluding hydrogens is 272 g/mol. The van der Waals surface area contributed by atoms with E-state index in [0.29, 0.717) is 6.61 Å². The van der Waals surface area contributed by atoms with Crippen LogP contribution in [-0.4, -0.2) is 12.6 Å². The van der Waals surface area contributed by atoms with Crippen molar-refractivity contribution < 1.29 is 9.53 Å². The predicted octanol–water partition coefficient (Wildman–Crippen LogP) is 3.90. The van der Waals surface area contributed by atoms with Crippen LogP contribution in [0.15, 0.2) is 60.2 Å². The molecule has 0 radical (unpaired) electrons. The topological polar surface area (TPSA) is 26.3 Å². The summed E-state index contributed by atoms with van der Waals surface area (Å²) in [6, 6.07) is 18.9. The van der Waals surface area contributed by atoms with Crippen molar-refractivity contribution in [2.24, 2.45) is 5.41 Å². The number of esters is 1. The van der Waals surface area contributed by atoms with Gasteiger partial charge in [0, 0.05) is 11.8 Å². The van der Waals surface area contributed by atoms with E-state index in [1.165, 1.54) is 22.3 Å². The molecule has 1 heterocycles. The Morgan fingerprint density at radius 2 is 1.73 bits per heavy atom. The number of ether oxygens (including phenoxy) is 1. The number of hydrogen-bond donors (Lipinski definition) is 0. The average molecular weight is 288 g/mol. The summed E-state index contributed by atoms with van der Waals surface area (Å²) in [7, 11) is 0. The van der Waals surface area contributed by atoms with Crippen molar-refractivity contribution in [3.63, 3.8) is 0 Å². The Morgan fingerprint density at radius 3 is 2.59 bits per heavy atom. The zero-order chi connectivity index (χ0) is 14.7. The Morgan fingerprint density at radius 1 is 0.955 bits per heavy atom. The first-order valence-corrected chi connectivity index (χ1v) is 7.84. The Balaban J connectivity index is 1.71. The number of carbonyl (C=O) groups is 1.